The minimum atomic E-state index is -3.72. The Kier molecular flexibility index (Phi) is 6.96. The Labute approximate surface area is 196 Å². The number of nitrogens with zero attached hydrogens (tertiary/aromatic N) is 3. The van der Waals surface area contributed by atoms with E-state index in [9.17, 15) is 13.2 Å². The molecule has 0 spiro atoms. The van der Waals surface area contributed by atoms with Gasteiger partial charge in [-0.25, -0.2) is 17.5 Å². The first-order chi connectivity index (χ1) is 15.8. The molecule has 174 valence electrons. The molecular formula is C22H23ClN4O5S. The van der Waals surface area contributed by atoms with Gasteiger partial charge in [-0.2, -0.15) is 0 Å². The number of benzene rings is 1. The van der Waals surface area contributed by atoms with Crippen LogP contribution in [0.4, 0.5) is 4.79 Å². The summed E-state index contributed by atoms with van der Waals surface area (Å²) in [6.07, 6.45) is 4.20. The van der Waals surface area contributed by atoms with Crippen LogP contribution in [0.5, 0.6) is 5.75 Å². The third-order valence-corrected chi connectivity index (χ3v) is 7.74. The number of hydrogen-bond acceptors (Lipinski definition) is 6. The van der Waals surface area contributed by atoms with Crippen LogP contribution < -0.4 is 10.1 Å². The van der Waals surface area contributed by atoms with Crippen molar-refractivity contribution >= 4 is 38.6 Å². The molecule has 1 fully saturated rings. The highest BCUT2D eigenvalue weighted by atomic mass is 35.5. The summed E-state index contributed by atoms with van der Waals surface area (Å²) < 4.78 is 33.6. The molecule has 0 unspecified atom stereocenters. The second-order valence-corrected chi connectivity index (χ2v) is 10.1. The number of halogens is 1. The normalized spacial score (nSPS) is 16.4. The van der Waals surface area contributed by atoms with Gasteiger partial charge in [-0.1, -0.05) is 23.7 Å². The van der Waals surface area contributed by atoms with Crippen LogP contribution in [0.2, 0.25) is 5.02 Å². The Hall–Kier alpha value is -2.95. The van der Waals surface area contributed by atoms with E-state index in [0.29, 0.717) is 34.7 Å². The number of fused-ring (bicyclic) bond motifs is 1. The van der Waals surface area contributed by atoms with Crippen LogP contribution in [-0.4, -0.2) is 58.8 Å². The van der Waals surface area contributed by atoms with Gasteiger partial charge in [0.1, 0.15) is 11.9 Å². The minimum absolute atomic E-state index is 0.160. The number of nitrogens with one attached hydrogen (secondary N) is 1. The zero-order valence-electron chi connectivity index (χ0n) is 17.6. The maximum atomic E-state index is 13.0. The lowest BCUT2D eigenvalue weighted by Gasteiger charge is -2.32. The second-order valence-electron chi connectivity index (χ2n) is 7.73. The molecule has 1 amide bonds. The molecule has 0 aliphatic carbocycles. The Balaban J connectivity index is 1.42. The SMILES string of the molecule is O=C(O)N[C@@H](CS(=O)(=O)N1CCC(Oc2ccnc3c(Cl)cccc23)CC1)c1cccnc1. The highest BCUT2D eigenvalue weighted by Gasteiger charge is 2.32. The summed E-state index contributed by atoms with van der Waals surface area (Å²) in [6.45, 7) is 0.563. The fourth-order valence-corrected chi connectivity index (χ4v) is 5.79. The van der Waals surface area contributed by atoms with Crippen LogP contribution >= 0.6 is 11.6 Å². The van der Waals surface area contributed by atoms with E-state index < -0.39 is 22.2 Å². The topological polar surface area (TPSA) is 122 Å². The zero-order chi connectivity index (χ0) is 23.4. The number of sulfonamides is 1. The van der Waals surface area contributed by atoms with Crippen molar-refractivity contribution in [3.63, 3.8) is 0 Å². The van der Waals surface area contributed by atoms with E-state index in [2.05, 4.69) is 15.3 Å². The molecular weight excluding hydrogens is 468 g/mol. The molecule has 9 nitrogen and oxygen atoms in total. The molecule has 3 aromatic rings. The number of carboxylic acid groups (broad SMARTS) is 1. The van der Waals surface area contributed by atoms with E-state index in [1.165, 1.54) is 10.5 Å². The van der Waals surface area contributed by atoms with Gasteiger partial charge in [0.05, 0.1) is 22.3 Å². The Bertz CT molecular complexity index is 1230. The average Bonchev–Trinajstić information content (AvgIpc) is 2.80. The Morgan fingerprint density at radius 3 is 2.70 bits per heavy atom. The molecule has 1 atom stereocenters. The molecule has 0 radical (unpaired) electrons. The summed E-state index contributed by atoms with van der Waals surface area (Å²) in [5.74, 6) is 0.274. The molecule has 1 aromatic carbocycles. The zero-order valence-corrected chi connectivity index (χ0v) is 19.2. The first-order valence-electron chi connectivity index (χ1n) is 10.4. The highest BCUT2D eigenvalue weighted by Crippen LogP contribution is 2.31. The maximum absolute atomic E-state index is 13.0. The van der Waals surface area contributed by atoms with Crippen molar-refractivity contribution in [2.24, 2.45) is 0 Å². The lowest BCUT2D eigenvalue weighted by molar-refractivity contribution is 0.136. The molecule has 0 saturated carbocycles. The predicted molar refractivity (Wildman–Crippen MR) is 124 cm³/mol. The predicted octanol–water partition coefficient (Wildman–Crippen LogP) is 3.47. The number of rotatable bonds is 7. The maximum Gasteiger partial charge on any atom is 0.405 e. The van der Waals surface area contributed by atoms with E-state index >= 15 is 0 Å². The summed E-state index contributed by atoms with van der Waals surface area (Å²) in [5, 5.41) is 12.8. The third kappa shape index (κ3) is 5.52. The number of piperidine rings is 1. The van der Waals surface area contributed by atoms with Crippen LogP contribution in [0, 0.1) is 0 Å². The first-order valence-corrected chi connectivity index (χ1v) is 12.4. The smallest absolute Gasteiger partial charge is 0.405 e. The first kappa shape index (κ1) is 23.2. The fourth-order valence-electron chi connectivity index (χ4n) is 3.89. The van der Waals surface area contributed by atoms with E-state index in [1.807, 2.05) is 12.1 Å². The van der Waals surface area contributed by atoms with Crippen LogP contribution in [0.1, 0.15) is 24.4 Å². The molecule has 0 bridgehead atoms. The molecule has 2 N–H and O–H groups in total. The van der Waals surface area contributed by atoms with Gasteiger partial charge in [0.15, 0.2) is 0 Å². The van der Waals surface area contributed by atoms with Gasteiger partial charge in [0, 0.05) is 37.1 Å². The largest absolute Gasteiger partial charge is 0.490 e. The van der Waals surface area contributed by atoms with Gasteiger partial charge in [-0.05, 0) is 42.7 Å². The molecule has 33 heavy (non-hydrogen) atoms. The van der Waals surface area contributed by atoms with E-state index in [4.69, 9.17) is 21.4 Å². The fraction of sp³-hybridized carbons (Fsp3) is 0.318. The number of amides is 1. The monoisotopic (exact) mass is 490 g/mol. The van der Waals surface area contributed by atoms with Crippen LogP contribution in [0.3, 0.4) is 0 Å². The van der Waals surface area contributed by atoms with Crippen molar-refractivity contribution in [1.29, 1.82) is 0 Å². The van der Waals surface area contributed by atoms with Crippen molar-refractivity contribution in [3.05, 3.63) is 65.6 Å². The van der Waals surface area contributed by atoms with E-state index in [1.54, 1.807) is 36.7 Å². The quantitative estimate of drug-likeness (QED) is 0.520. The number of carbonyl (C=O) groups is 1. The Morgan fingerprint density at radius 1 is 1.21 bits per heavy atom. The van der Waals surface area contributed by atoms with Gasteiger partial charge in [-0.15, -0.1) is 0 Å². The van der Waals surface area contributed by atoms with Crippen LogP contribution in [0.15, 0.2) is 55.0 Å². The molecule has 1 aliphatic rings. The molecule has 1 aliphatic heterocycles. The van der Waals surface area contributed by atoms with Crippen molar-refractivity contribution in [2.75, 3.05) is 18.8 Å². The Morgan fingerprint density at radius 2 is 2.00 bits per heavy atom. The lowest BCUT2D eigenvalue weighted by Crippen LogP contribution is -2.45. The summed E-state index contributed by atoms with van der Waals surface area (Å²) in [4.78, 5) is 19.5. The second kappa shape index (κ2) is 9.90. The molecule has 3 heterocycles. The summed E-state index contributed by atoms with van der Waals surface area (Å²) in [5.41, 5.74) is 1.15. The summed E-state index contributed by atoms with van der Waals surface area (Å²) in [7, 11) is -3.72. The van der Waals surface area contributed by atoms with E-state index in [-0.39, 0.29) is 24.9 Å². The minimum Gasteiger partial charge on any atom is -0.490 e. The van der Waals surface area contributed by atoms with Crippen molar-refractivity contribution in [1.82, 2.24) is 19.6 Å². The standard InChI is InChI=1S/C22H23ClN4O5S/c23-18-5-1-4-17-20(6-10-25-21(17)18)32-16-7-11-27(12-8-16)33(30,31)14-19(26-22(28)29)15-3-2-9-24-13-15/h1-6,9-10,13,16,19,26H,7-8,11-12,14H2,(H,28,29)/t19-/m0/s1. The number of hydrogen-bond donors (Lipinski definition) is 2. The van der Waals surface area contributed by atoms with Crippen molar-refractivity contribution in [2.45, 2.75) is 25.0 Å². The summed E-state index contributed by atoms with van der Waals surface area (Å²) >= 11 is 6.22. The van der Waals surface area contributed by atoms with Crippen molar-refractivity contribution < 1.29 is 23.1 Å². The third-order valence-electron chi connectivity index (χ3n) is 5.53. The van der Waals surface area contributed by atoms with Crippen molar-refractivity contribution in [3.8, 4) is 5.75 Å². The van der Waals surface area contributed by atoms with Gasteiger partial charge in [0.2, 0.25) is 10.0 Å². The number of ether oxygens (including phenoxy) is 1. The van der Waals surface area contributed by atoms with E-state index in [0.717, 1.165) is 5.39 Å². The van der Waals surface area contributed by atoms with Gasteiger partial charge in [0.25, 0.3) is 0 Å². The number of para-hydroxylation sites is 1. The van der Waals surface area contributed by atoms with Gasteiger partial charge < -0.3 is 15.2 Å². The van der Waals surface area contributed by atoms with Gasteiger partial charge >= 0.3 is 6.09 Å². The molecule has 1 saturated heterocycles. The molecule has 11 heteroatoms. The number of aromatic nitrogens is 2. The number of pyridine rings is 2. The molecule has 2 aromatic heterocycles. The lowest BCUT2D eigenvalue weighted by atomic mass is 10.1. The highest BCUT2D eigenvalue weighted by molar-refractivity contribution is 7.89. The van der Waals surface area contributed by atoms with Crippen LogP contribution in [-0.2, 0) is 10.0 Å². The van der Waals surface area contributed by atoms with Gasteiger partial charge in [-0.3, -0.25) is 9.97 Å². The van der Waals surface area contributed by atoms with Crippen LogP contribution in [0.25, 0.3) is 10.9 Å². The molecule has 4 rings (SSSR count). The summed E-state index contributed by atoms with van der Waals surface area (Å²) in [6, 6.07) is 9.63. The average molecular weight is 491 g/mol.